The minimum Gasteiger partial charge on any atom is -0.355 e. The molecule has 4 nitrogen and oxygen atoms in total. The lowest BCUT2D eigenvalue weighted by molar-refractivity contribution is -0.145. The molecule has 26 heavy (non-hydrogen) atoms. The van der Waals surface area contributed by atoms with Gasteiger partial charge in [0.25, 0.3) is 0 Å². The number of amides is 2. The molecule has 1 aromatic rings. The lowest BCUT2D eigenvalue weighted by atomic mass is 10.1. The van der Waals surface area contributed by atoms with E-state index in [0.29, 0.717) is 6.42 Å². The van der Waals surface area contributed by atoms with E-state index >= 15 is 0 Å². The minimum absolute atomic E-state index is 0.0330. The largest absolute Gasteiger partial charge is 0.355 e. The number of thioether (sulfide) groups is 1. The normalized spacial score (nSPS) is 16.4. The molecule has 1 aliphatic heterocycles. The zero-order valence-corrected chi connectivity index (χ0v) is 16.7. The second-order valence-corrected chi connectivity index (χ2v) is 8.11. The molecule has 2 amide bonds. The second kappa shape index (κ2) is 12.0. The van der Waals surface area contributed by atoms with Crippen molar-refractivity contribution in [2.24, 2.45) is 0 Å². The van der Waals surface area contributed by atoms with Crippen molar-refractivity contribution < 1.29 is 9.59 Å². The maximum Gasteiger partial charge on any atom is 0.239 e. The number of hydrogen-bond donors (Lipinski definition) is 1. The highest BCUT2D eigenvalue weighted by Gasteiger charge is 2.37. The molecule has 1 fully saturated rings. The van der Waals surface area contributed by atoms with Gasteiger partial charge in [-0.2, -0.15) is 0 Å². The topological polar surface area (TPSA) is 49.4 Å². The van der Waals surface area contributed by atoms with E-state index in [2.05, 4.69) is 24.4 Å². The van der Waals surface area contributed by atoms with Crippen LogP contribution in [0.3, 0.4) is 0 Å². The molecule has 1 N–H and O–H groups in total. The number of β-lactam (4-membered cyclic amide) rings is 1. The average Bonchev–Trinajstić information content (AvgIpc) is 2.66. The Morgan fingerprint density at radius 3 is 2.50 bits per heavy atom. The molecule has 2 rings (SSSR count). The lowest BCUT2D eigenvalue weighted by Crippen LogP contribution is -2.54. The van der Waals surface area contributed by atoms with Crippen LogP contribution in [-0.2, 0) is 15.3 Å². The first kappa shape index (κ1) is 20.8. The smallest absolute Gasteiger partial charge is 0.239 e. The third-order valence-electron chi connectivity index (χ3n) is 4.72. The number of carbonyl (C=O) groups excluding carboxylic acids is 2. The van der Waals surface area contributed by atoms with Gasteiger partial charge in [-0.3, -0.25) is 9.59 Å². The first-order chi connectivity index (χ1) is 12.7. The molecule has 0 spiro atoms. The van der Waals surface area contributed by atoms with E-state index in [-0.39, 0.29) is 23.7 Å². The summed E-state index contributed by atoms with van der Waals surface area (Å²) in [4.78, 5) is 25.6. The molecular weight excluding hydrogens is 344 g/mol. The fourth-order valence-corrected chi connectivity index (χ4v) is 4.26. The van der Waals surface area contributed by atoms with Crippen molar-refractivity contribution in [1.82, 2.24) is 10.2 Å². The number of nitrogens with zero attached hydrogens (tertiary/aromatic N) is 1. The molecule has 5 heteroatoms. The molecule has 1 atom stereocenters. The molecule has 0 bridgehead atoms. The molecule has 144 valence electrons. The first-order valence-electron chi connectivity index (χ1n) is 9.92. The lowest BCUT2D eigenvalue weighted by Gasteiger charge is -2.39. The van der Waals surface area contributed by atoms with Gasteiger partial charge in [-0.1, -0.05) is 75.8 Å². The van der Waals surface area contributed by atoms with Gasteiger partial charge in [0.1, 0.15) is 6.54 Å². The summed E-state index contributed by atoms with van der Waals surface area (Å²) in [5.74, 6) is 0.922. The molecule has 0 aliphatic carbocycles. The third-order valence-corrected chi connectivity index (χ3v) is 6.02. The molecular formula is C21H32N2O2S. The van der Waals surface area contributed by atoms with Crippen LogP contribution in [0.25, 0.3) is 0 Å². The van der Waals surface area contributed by atoms with E-state index < -0.39 is 0 Å². The van der Waals surface area contributed by atoms with Crippen molar-refractivity contribution in [3.05, 3.63) is 35.9 Å². The van der Waals surface area contributed by atoms with Gasteiger partial charge in [0, 0.05) is 12.3 Å². The van der Waals surface area contributed by atoms with E-state index in [1.165, 1.54) is 44.1 Å². The van der Waals surface area contributed by atoms with Crippen LogP contribution in [0.2, 0.25) is 0 Å². The van der Waals surface area contributed by atoms with Crippen molar-refractivity contribution in [2.45, 2.75) is 69.4 Å². The molecule has 1 aromatic carbocycles. The van der Waals surface area contributed by atoms with Crippen LogP contribution in [0.4, 0.5) is 0 Å². The highest BCUT2D eigenvalue weighted by molar-refractivity contribution is 7.99. The van der Waals surface area contributed by atoms with Gasteiger partial charge in [-0.15, -0.1) is 11.8 Å². The Morgan fingerprint density at radius 1 is 1.12 bits per heavy atom. The number of unbranched alkanes of at least 4 members (excludes halogenated alkanes) is 6. The van der Waals surface area contributed by atoms with E-state index in [1.807, 2.05) is 18.2 Å². The highest BCUT2D eigenvalue weighted by Crippen LogP contribution is 2.31. The van der Waals surface area contributed by atoms with Gasteiger partial charge in [0.05, 0.1) is 11.8 Å². The van der Waals surface area contributed by atoms with E-state index in [4.69, 9.17) is 0 Å². The summed E-state index contributed by atoms with van der Waals surface area (Å²) >= 11 is 1.74. The molecule has 1 aliphatic rings. The monoisotopic (exact) mass is 376 g/mol. The number of hydrogen-bond acceptors (Lipinski definition) is 3. The summed E-state index contributed by atoms with van der Waals surface area (Å²) < 4.78 is 0. The standard InChI is InChI=1S/C21H32N2O2S/c1-2-3-4-5-6-7-11-14-22-19(24)16-23-20(25)15-21(23)26-17-18-12-9-8-10-13-18/h8-10,12-13,21H,2-7,11,14-17H2,1H3,(H,22,24). The Morgan fingerprint density at radius 2 is 1.81 bits per heavy atom. The molecule has 0 radical (unpaired) electrons. The highest BCUT2D eigenvalue weighted by atomic mass is 32.2. The van der Waals surface area contributed by atoms with E-state index in [9.17, 15) is 9.59 Å². The summed E-state index contributed by atoms with van der Waals surface area (Å²) in [6.07, 6.45) is 9.20. The Bertz CT molecular complexity index is 550. The zero-order valence-electron chi connectivity index (χ0n) is 15.9. The fourth-order valence-electron chi connectivity index (χ4n) is 3.05. The van der Waals surface area contributed by atoms with E-state index in [1.54, 1.807) is 16.7 Å². The van der Waals surface area contributed by atoms with Crippen LogP contribution in [0.15, 0.2) is 30.3 Å². The van der Waals surface area contributed by atoms with Crippen LogP contribution in [-0.4, -0.2) is 35.2 Å². The number of nitrogens with one attached hydrogen (secondary N) is 1. The van der Waals surface area contributed by atoms with Crippen LogP contribution in [0.5, 0.6) is 0 Å². The predicted molar refractivity (Wildman–Crippen MR) is 109 cm³/mol. The number of carbonyl (C=O) groups is 2. The first-order valence-corrected chi connectivity index (χ1v) is 11.0. The summed E-state index contributed by atoms with van der Waals surface area (Å²) in [5, 5.41) is 3.09. The SMILES string of the molecule is CCCCCCCCCNC(=O)CN1C(=O)CC1SCc1ccccc1. The summed E-state index contributed by atoms with van der Waals surface area (Å²) in [6.45, 7) is 3.14. The van der Waals surface area contributed by atoms with E-state index in [0.717, 1.165) is 18.7 Å². The summed E-state index contributed by atoms with van der Waals surface area (Å²) in [7, 11) is 0. The van der Waals surface area contributed by atoms with Crippen molar-refractivity contribution >= 4 is 23.6 Å². The second-order valence-electron chi connectivity index (χ2n) is 6.95. The third kappa shape index (κ3) is 7.40. The molecule has 1 heterocycles. The van der Waals surface area contributed by atoms with Gasteiger partial charge >= 0.3 is 0 Å². The minimum atomic E-state index is -0.0330. The number of rotatable bonds is 13. The van der Waals surface area contributed by atoms with Gasteiger partial charge in [0.15, 0.2) is 0 Å². The zero-order chi connectivity index (χ0) is 18.6. The molecule has 1 unspecified atom stereocenters. The Labute approximate surface area is 162 Å². The fraction of sp³-hybridized carbons (Fsp3) is 0.619. The molecule has 0 saturated carbocycles. The predicted octanol–water partition coefficient (Wildman–Crippen LogP) is 4.35. The summed E-state index contributed by atoms with van der Waals surface area (Å²) in [6, 6.07) is 10.2. The van der Waals surface area contributed by atoms with Crippen molar-refractivity contribution in [3.63, 3.8) is 0 Å². The number of likely N-dealkylation sites (tertiary alicyclic amines) is 1. The van der Waals surface area contributed by atoms with Crippen LogP contribution in [0, 0.1) is 0 Å². The summed E-state index contributed by atoms with van der Waals surface area (Å²) in [5.41, 5.74) is 1.25. The Kier molecular flexibility index (Phi) is 9.61. The van der Waals surface area contributed by atoms with Gasteiger partial charge in [-0.25, -0.2) is 0 Å². The maximum absolute atomic E-state index is 12.1. The van der Waals surface area contributed by atoms with Crippen molar-refractivity contribution in [1.29, 1.82) is 0 Å². The number of benzene rings is 1. The van der Waals surface area contributed by atoms with Crippen molar-refractivity contribution in [2.75, 3.05) is 13.1 Å². The maximum atomic E-state index is 12.1. The van der Waals surface area contributed by atoms with Crippen LogP contribution in [0.1, 0.15) is 63.9 Å². The Balaban J connectivity index is 1.56. The molecule has 1 saturated heterocycles. The van der Waals surface area contributed by atoms with Crippen LogP contribution < -0.4 is 5.32 Å². The van der Waals surface area contributed by atoms with Crippen molar-refractivity contribution in [3.8, 4) is 0 Å². The quantitative estimate of drug-likeness (QED) is 0.411. The van der Waals surface area contributed by atoms with Gasteiger partial charge in [0.2, 0.25) is 11.8 Å². The van der Waals surface area contributed by atoms with Gasteiger partial charge in [-0.05, 0) is 12.0 Å². The van der Waals surface area contributed by atoms with Gasteiger partial charge < -0.3 is 10.2 Å². The average molecular weight is 377 g/mol. The molecule has 0 aromatic heterocycles. The van der Waals surface area contributed by atoms with Crippen LogP contribution >= 0.6 is 11.8 Å². The Hall–Kier alpha value is -1.49.